The van der Waals surface area contributed by atoms with Crippen LogP contribution < -0.4 is 0 Å². The van der Waals surface area contributed by atoms with Crippen LogP contribution in [0.2, 0.25) is 0 Å². The monoisotopic (exact) mass is 378 g/mol. The summed E-state index contributed by atoms with van der Waals surface area (Å²) < 4.78 is 19.6. The second-order valence-electron chi connectivity index (χ2n) is 8.56. The molecule has 1 atom stereocenters. The first-order valence-electron chi connectivity index (χ1n) is 11.0. The van der Waals surface area contributed by atoms with Gasteiger partial charge in [0.1, 0.15) is 5.82 Å². The number of aryl methyl sites for hydroxylation is 1. The van der Waals surface area contributed by atoms with E-state index in [-0.39, 0.29) is 18.3 Å². The van der Waals surface area contributed by atoms with Crippen molar-refractivity contribution in [2.75, 3.05) is 20.3 Å². The molecule has 0 aliphatic heterocycles. The van der Waals surface area contributed by atoms with Crippen molar-refractivity contribution in [3.8, 4) is 0 Å². The molecule has 0 heterocycles. The van der Waals surface area contributed by atoms with Crippen molar-refractivity contribution in [1.82, 2.24) is 0 Å². The minimum absolute atomic E-state index is 0.0350. The molecule has 0 radical (unpaired) electrons. The predicted molar refractivity (Wildman–Crippen MR) is 110 cm³/mol. The molecule has 0 aromatic heterocycles. The van der Waals surface area contributed by atoms with Crippen molar-refractivity contribution in [3.05, 3.63) is 35.1 Å². The van der Waals surface area contributed by atoms with E-state index in [9.17, 15) is 9.50 Å². The quantitative estimate of drug-likeness (QED) is 0.456. The summed E-state index contributed by atoms with van der Waals surface area (Å²) >= 11 is 0. The Hall–Kier alpha value is -0.930. The molecule has 1 saturated carbocycles. The number of halogens is 1. The molecule has 1 aliphatic carbocycles. The molecule has 2 rings (SSSR count). The normalized spacial score (nSPS) is 21.3. The van der Waals surface area contributed by atoms with Crippen molar-refractivity contribution >= 4 is 0 Å². The van der Waals surface area contributed by atoms with Gasteiger partial charge in [0, 0.05) is 19.6 Å². The van der Waals surface area contributed by atoms with Gasteiger partial charge in [-0.3, -0.25) is 0 Å². The van der Waals surface area contributed by atoms with Crippen LogP contribution >= 0.6 is 0 Å². The van der Waals surface area contributed by atoms with Crippen molar-refractivity contribution in [2.45, 2.75) is 77.6 Å². The summed E-state index contributed by atoms with van der Waals surface area (Å²) in [6.45, 7) is 2.84. The van der Waals surface area contributed by atoms with Gasteiger partial charge in [-0.1, -0.05) is 70.4 Å². The molecule has 1 unspecified atom stereocenters. The number of hydrogen-bond donors (Lipinski definition) is 1. The van der Waals surface area contributed by atoms with E-state index < -0.39 is 0 Å². The van der Waals surface area contributed by atoms with Gasteiger partial charge >= 0.3 is 0 Å². The maximum absolute atomic E-state index is 14.5. The van der Waals surface area contributed by atoms with E-state index in [1.807, 2.05) is 12.1 Å². The standard InChI is InChI=1S/C24H39FO2/c1-3-4-5-6-19-7-9-20(10-8-19)11-13-23-14-12-21(16-24(23)25)15-22(17-26)18-27-2/h12,14,16,19-20,22,26H,3-11,13,15,17-18H2,1-2H3. The van der Waals surface area contributed by atoms with Gasteiger partial charge in [0.05, 0.1) is 6.61 Å². The summed E-state index contributed by atoms with van der Waals surface area (Å²) in [6, 6.07) is 5.61. The van der Waals surface area contributed by atoms with Gasteiger partial charge in [-0.25, -0.2) is 4.39 Å². The summed E-state index contributed by atoms with van der Waals surface area (Å²) in [5, 5.41) is 9.38. The van der Waals surface area contributed by atoms with Crippen LogP contribution in [0.1, 0.15) is 75.8 Å². The minimum Gasteiger partial charge on any atom is -0.396 e. The molecule has 3 heteroatoms. The number of aliphatic hydroxyl groups excluding tert-OH is 1. The summed E-state index contributed by atoms with van der Waals surface area (Å²) in [7, 11) is 1.63. The zero-order chi connectivity index (χ0) is 19.5. The van der Waals surface area contributed by atoms with Crippen LogP contribution in [0.15, 0.2) is 18.2 Å². The number of ether oxygens (including phenoxy) is 1. The highest BCUT2D eigenvalue weighted by molar-refractivity contribution is 5.25. The highest BCUT2D eigenvalue weighted by atomic mass is 19.1. The van der Waals surface area contributed by atoms with E-state index >= 15 is 0 Å². The van der Waals surface area contributed by atoms with Gasteiger partial charge in [-0.15, -0.1) is 0 Å². The fraction of sp³-hybridized carbons (Fsp3) is 0.750. The molecular formula is C24H39FO2. The summed E-state index contributed by atoms with van der Waals surface area (Å²) in [6.07, 6.45) is 13.5. The Morgan fingerprint density at radius 3 is 2.41 bits per heavy atom. The first-order chi connectivity index (χ1) is 13.2. The Morgan fingerprint density at radius 1 is 1.11 bits per heavy atom. The molecule has 0 bridgehead atoms. The maximum Gasteiger partial charge on any atom is 0.126 e. The van der Waals surface area contributed by atoms with Crippen molar-refractivity contribution in [2.24, 2.45) is 17.8 Å². The van der Waals surface area contributed by atoms with E-state index in [0.717, 1.165) is 35.8 Å². The lowest BCUT2D eigenvalue weighted by molar-refractivity contribution is 0.110. The van der Waals surface area contributed by atoms with Crippen molar-refractivity contribution in [1.29, 1.82) is 0 Å². The number of rotatable bonds is 12. The summed E-state index contributed by atoms with van der Waals surface area (Å²) in [5.74, 6) is 1.66. The molecule has 1 aliphatic rings. The third-order valence-corrected chi connectivity index (χ3v) is 6.31. The van der Waals surface area contributed by atoms with Gasteiger partial charge < -0.3 is 9.84 Å². The topological polar surface area (TPSA) is 29.5 Å². The fourth-order valence-corrected chi connectivity index (χ4v) is 4.52. The van der Waals surface area contributed by atoms with Gasteiger partial charge in [0.15, 0.2) is 0 Å². The van der Waals surface area contributed by atoms with Crippen LogP contribution in [0, 0.1) is 23.6 Å². The predicted octanol–water partition coefficient (Wildman–Crippen LogP) is 5.94. The third-order valence-electron chi connectivity index (χ3n) is 6.31. The number of benzene rings is 1. The zero-order valence-corrected chi connectivity index (χ0v) is 17.4. The van der Waals surface area contributed by atoms with Crippen LogP contribution in [-0.2, 0) is 17.6 Å². The number of aliphatic hydroxyl groups is 1. The first-order valence-corrected chi connectivity index (χ1v) is 11.0. The van der Waals surface area contributed by atoms with Gasteiger partial charge in [-0.2, -0.15) is 0 Å². The van der Waals surface area contributed by atoms with E-state index in [0.29, 0.717) is 13.0 Å². The molecule has 2 nitrogen and oxygen atoms in total. The Balaban J connectivity index is 1.75. The molecular weight excluding hydrogens is 339 g/mol. The molecule has 154 valence electrons. The van der Waals surface area contributed by atoms with E-state index in [2.05, 4.69) is 6.92 Å². The van der Waals surface area contributed by atoms with Gasteiger partial charge in [0.25, 0.3) is 0 Å². The highest BCUT2D eigenvalue weighted by Crippen LogP contribution is 2.34. The lowest BCUT2D eigenvalue weighted by atomic mass is 9.77. The molecule has 0 saturated heterocycles. The average molecular weight is 379 g/mol. The number of unbranched alkanes of at least 4 members (excludes halogenated alkanes) is 2. The Kier molecular flexibility index (Phi) is 10.4. The van der Waals surface area contributed by atoms with Crippen molar-refractivity contribution in [3.63, 3.8) is 0 Å². The lowest BCUT2D eigenvalue weighted by Gasteiger charge is -2.28. The van der Waals surface area contributed by atoms with E-state index in [1.54, 1.807) is 13.2 Å². The SMILES string of the molecule is CCCCCC1CCC(CCc2ccc(CC(CO)COC)cc2F)CC1. The summed E-state index contributed by atoms with van der Waals surface area (Å²) in [4.78, 5) is 0. The van der Waals surface area contributed by atoms with Crippen LogP contribution in [0.4, 0.5) is 4.39 Å². The van der Waals surface area contributed by atoms with Gasteiger partial charge in [-0.05, 0) is 48.3 Å². The molecule has 27 heavy (non-hydrogen) atoms. The Bertz CT molecular complexity index is 523. The fourth-order valence-electron chi connectivity index (χ4n) is 4.52. The Morgan fingerprint density at radius 2 is 1.81 bits per heavy atom. The van der Waals surface area contributed by atoms with E-state index in [4.69, 9.17) is 4.74 Å². The number of methoxy groups -OCH3 is 1. The zero-order valence-electron chi connectivity index (χ0n) is 17.4. The van der Waals surface area contributed by atoms with Gasteiger partial charge in [0.2, 0.25) is 0 Å². The number of hydrogen-bond acceptors (Lipinski definition) is 2. The average Bonchev–Trinajstić information content (AvgIpc) is 2.68. The summed E-state index contributed by atoms with van der Waals surface area (Å²) in [5.41, 5.74) is 1.79. The minimum atomic E-state index is -0.0881. The first kappa shape index (κ1) is 22.4. The van der Waals surface area contributed by atoms with Crippen LogP contribution in [-0.4, -0.2) is 25.4 Å². The molecule has 1 aromatic carbocycles. The van der Waals surface area contributed by atoms with Crippen LogP contribution in [0.3, 0.4) is 0 Å². The molecule has 0 spiro atoms. The van der Waals surface area contributed by atoms with Crippen LogP contribution in [0.5, 0.6) is 0 Å². The van der Waals surface area contributed by atoms with Crippen LogP contribution in [0.25, 0.3) is 0 Å². The second-order valence-corrected chi connectivity index (χ2v) is 8.56. The Labute approximate surface area is 165 Å². The van der Waals surface area contributed by atoms with E-state index in [1.165, 1.54) is 51.4 Å². The molecule has 1 N–H and O–H groups in total. The maximum atomic E-state index is 14.5. The molecule has 0 amide bonds. The third kappa shape index (κ3) is 7.91. The highest BCUT2D eigenvalue weighted by Gasteiger charge is 2.21. The largest absolute Gasteiger partial charge is 0.396 e. The smallest absolute Gasteiger partial charge is 0.126 e. The molecule has 1 aromatic rings. The lowest BCUT2D eigenvalue weighted by Crippen LogP contribution is -2.16. The molecule has 1 fully saturated rings. The van der Waals surface area contributed by atoms with Crippen molar-refractivity contribution < 1.29 is 14.2 Å². The second kappa shape index (κ2) is 12.5.